The van der Waals surface area contributed by atoms with Gasteiger partial charge in [-0.2, -0.15) is 0 Å². The lowest BCUT2D eigenvalue weighted by Gasteiger charge is -2.27. The van der Waals surface area contributed by atoms with Crippen LogP contribution >= 0.6 is 0 Å². The minimum Gasteiger partial charge on any atom is -0.378 e. The van der Waals surface area contributed by atoms with Crippen LogP contribution in [0.1, 0.15) is 11.1 Å². The van der Waals surface area contributed by atoms with Gasteiger partial charge in [-0.1, -0.05) is 12.1 Å². The SMILES string of the molecule is Cc1cccc(Nc2ncnc(N3CCOCC3)c2[N+](=O)[O-])c1C. The molecule has 1 N–H and O–H groups in total. The normalized spacial score (nSPS) is 14.5. The van der Waals surface area contributed by atoms with Crippen molar-refractivity contribution >= 4 is 23.0 Å². The van der Waals surface area contributed by atoms with Crippen LogP contribution in [0.4, 0.5) is 23.0 Å². The van der Waals surface area contributed by atoms with Crippen molar-refractivity contribution in [1.29, 1.82) is 0 Å². The van der Waals surface area contributed by atoms with Crippen molar-refractivity contribution < 1.29 is 9.66 Å². The molecule has 24 heavy (non-hydrogen) atoms. The van der Waals surface area contributed by atoms with Crippen molar-refractivity contribution in [3.8, 4) is 0 Å². The molecular formula is C16H19N5O3. The van der Waals surface area contributed by atoms with Crippen LogP contribution < -0.4 is 10.2 Å². The summed E-state index contributed by atoms with van der Waals surface area (Å²) in [7, 11) is 0. The maximum absolute atomic E-state index is 11.7. The summed E-state index contributed by atoms with van der Waals surface area (Å²) in [5, 5.41) is 14.7. The number of nitrogens with one attached hydrogen (secondary N) is 1. The van der Waals surface area contributed by atoms with Gasteiger partial charge in [0.1, 0.15) is 6.33 Å². The summed E-state index contributed by atoms with van der Waals surface area (Å²) < 4.78 is 5.31. The van der Waals surface area contributed by atoms with Gasteiger partial charge in [-0.05, 0) is 31.0 Å². The number of anilines is 3. The first-order valence-corrected chi connectivity index (χ1v) is 7.73. The van der Waals surface area contributed by atoms with E-state index < -0.39 is 4.92 Å². The zero-order valence-electron chi connectivity index (χ0n) is 13.7. The number of aromatic nitrogens is 2. The number of ether oxygens (including phenoxy) is 1. The van der Waals surface area contributed by atoms with Gasteiger partial charge in [-0.15, -0.1) is 0 Å². The van der Waals surface area contributed by atoms with Crippen molar-refractivity contribution in [3.05, 3.63) is 45.8 Å². The van der Waals surface area contributed by atoms with Gasteiger partial charge in [0.2, 0.25) is 11.6 Å². The van der Waals surface area contributed by atoms with Crippen molar-refractivity contribution in [2.45, 2.75) is 13.8 Å². The number of aryl methyl sites for hydroxylation is 1. The van der Waals surface area contributed by atoms with E-state index in [0.29, 0.717) is 32.1 Å². The minimum atomic E-state index is -0.432. The Labute approximate surface area is 139 Å². The molecule has 0 amide bonds. The van der Waals surface area contributed by atoms with Gasteiger partial charge in [-0.3, -0.25) is 10.1 Å². The highest BCUT2D eigenvalue weighted by Crippen LogP contribution is 2.34. The van der Waals surface area contributed by atoms with Crippen molar-refractivity contribution in [1.82, 2.24) is 9.97 Å². The lowest BCUT2D eigenvalue weighted by Crippen LogP contribution is -2.37. The summed E-state index contributed by atoms with van der Waals surface area (Å²) >= 11 is 0. The molecular weight excluding hydrogens is 310 g/mol. The van der Waals surface area contributed by atoms with E-state index >= 15 is 0 Å². The molecule has 1 aliphatic rings. The Hall–Kier alpha value is -2.74. The molecule has 2 heterocycles. The fraction of sp³-hybridized carbons (Fsp3) is 0.375. The molecule has 1 aliphatic heterocycles. The highest BCUT2D eigenvalue weighted by atomic mass is 16.6. The van der Waals surface area contributed by atoms with Crippen LogP contribution in [0, 0.1) is 24.0 Å². The Balaban J connectivity index is 2.01. The average Bonchev–Trinajstić information content (AvgIpc) is 2.59. The molecule has 0 radical (unpaired) electrons. The van der Waals surface area contributed by atoms with Crippen LogP contribution in [0.5, 0.6) is 0 Å². The lowest BCUT2D eigenvalue weighted by molar-refractivity contribution is -0.383. The molecule has 0 unspecified atom stereocenters. The summed E-state index contributed by atoms with van der Waals surface area (Å²) in [5.74, 6) is 0.524. The van der Waals surface area contributed by atoms with E-state index in [1.165, 1.54) is 6.33 Å². The lowest BCUT2D eigenvalue weighted by atomic mass is 10.1. The molecule has 1 fully saturated rings. The van der Waals surface area contributed by atoms with E-state index in [-0.39, 0.29) is 11.5 Å². The minimum absolute atomic E-state index is 0.111. The molecule has 0 saturated carbocycles. The number of rotatable bonds is 4. The number of morpholine rings is 1. The van der Waals surface area contributed by atoms with Crippen LogP contribution in [-0.2, 0) is 4.74 Å². The predicted molar refractivity (Wildman–Crippen MR) is 90.9 cm³/mol. The molecule has 1 saturated heterocycles. The van der Waals surface area contributed by atoms with Crippen LogP contribution in [0.25, 0.3) is 0 Å². The maximum Gasteiger partial charge on any atom is 0.353 e. The summed E-state index contributed by atoms with van der Waals surface area (Å²) in [5.41, 5.74) is 2.81. The topological polar surface area (TPSA) is 93.4 Å². The van der Waals surface area contributed by atoms with Gasteiger partial charge in [0, 0.05) is 18.8 Å². The molecule has 8 nitrogen and oxygen atoms in total. The van der Waals surface area contributed by atoms with Crippen molar-refractivity contribution in [3.63, 3.8) is 0 Å². The molecule has 126 valence electrons. The quantitative estimate of drug-likeness (QED) is 0.680. The molecule has 0 bridgehead atoms. The Morgan fingerprint density at radius 3 is 2.71 bits per heavy atom. The standard InChI is InChI=1S/C16H19N5O3/c1-11-4-3-5-13(12(11)2)19-15-14(21(22)23)16(18-10-17-15)20-6-8-24-9-7-20/h3-5,10H,6-9H2,1-2H3,(H,17,18,19). The van der Waals surface area contributed by atoms with Crippen LogP contribution in [-0.4, -0.2) is 41.2 Å². The average molecular weight is 329 g/mol. The van der Waals surface area contributed by atoms with E-state index in [9.17, 15) is 10.1 Å². The Bertz CT molecular complexity index is 759. The number of nitro groups is 1. The van der Waals surface area contributed by atoms with E-state index in [4.69, 9.17) is 4.74 Å². The van der Waals surface area contributed by atoms with Crippen LogP contribution in [0.3, 0.4) is 0 Å². The van der Waals surface area contributed by atoms with E-state index in [0.717, 1.165) is 16.8 Å². The fourth-order valence-electron chi connectivity index (χ4n) is 2.65. The number of nitrogens with zero attached hydrogens (tertiary/aromatic N) is 4. The number of benzene rings is 1. The second kappa shape index (κ2) is 6.79. The molecule has 1 aromatic carbocycles. The molecule has 3 rings (SSSR count). The molecule has 2 aromatic rings. The van der Waals surface area contributed by atoms with Gasteiger partial charge in [0.25, 0.3) is 0 Å². The monoisotopic (exact) mass is 329 g/mol. The number of hydrogen-bond donors (Lipinski definition) is 1. The number of hydrogen-bond acceptors (Lipinski definition) is 7. The second-order valence-corrected chi connectivity index (χ2v) is 5.62. The molecule has 0 spiro atoms. The zero-order chi connectivity index (χ0) is 17.1. The Morgan fingerprint density at radius 2 is 2.00 bits per heavy atom. The van der Waals surface area contributed by atoms with Gasteiger partial charge in [-0.25, -0.2) is 9.97 Å². The van der Waals surface area contributed by atoms with E-state index in [1.807, 2.05) is 36.9 Å². The van der Waals surface area contributed by atoms with Gasteiger partial charge in [0.05, 0.1) is 18.1 Å². The first-order chi connectivity index (χ1) is 11.6. The predicted octanol–water partition coefficient (Wildman–Crippen LogP) is 2.58. The van der Waals surface area contributed by atoms with Gasteiger partial charge in [0.15, 0.2) is 0 Å². The molecule has 8 heteroatoms. The third-order valence-electron chi connectivity index (χ3n) is 4.15. The highest BCUT2D eigenvalue weighted by Gasteiger charge is 2.28. The summed E-state index contributed by atoms with van der Waals surface area (Å²) in [6.07, 6.45) is 1.35. The first kappa shape index (κ1) is 16.1. The molecule has 0 aliphatic carbocycles. The molecule has 0 atom stereocenters. The summed E-state index contributed by atoms with van der Waals surface area (Å²) in [4.78, 5) is 21.3. The van der Waals surface area contributed by atoms with Crippen LogP contribution in [0.2, 0.25) is 0 Å². The Morgan fingerprint density at radius 1 is 1.25 bits per heavy atom. The third-order valence-corrected chi connectivity index (χ3v) is 4.15. The zero-order valence-corrected chi connectivity index (χ0v) is 13.7. The van der Waals surface area contributed by atoms with Crippen molar-refractivity contribution in [2.24, 2.45) is 0 Å². The first-order valence-electron chi connectivity index (χ1n) is 7.73. The summed E-state index contributed by atoms with van der Waals surface area (Å²) in [6, 6.07) is 5.78. The molecule has 1 aromatic heterocycles. The second-order valence-electron chi connectivity index (χ2n) is 5.62. The summed E-state index contributed by atoms with van der Waals surface area (Å²) in [6.45, 7) is 6.16. The van der Waals surface area contributed by atoms with Gasteiger partial charge >= 0.3 is 5.69 Å². The smallest absolute Gasteiger partial charge is 0.353 e. The largest absolute Gasteiger partial charge is 0.378 e. The fourth-order valence-corrected chi connectivity index (χ4v) is 2.65. The van der Waals surface area contributed by atoms with E-state index in [1.54, 1.807) is 0 Å². The highest BCUT2D eigenvalue weighted by molar-refractivity contribution is 5.75. The maximum atomic E-state index is 11.7. The van der Waals surface area contributed by atoms with E-state index in [2.05, 4.69) is 15.3 Å². The Kier molecular flexibility index (Phi) is 4.57. The van der Waals surface area contributed by atoms with Crippen LogP contribution in [0.15, 0.2) is 24.5 Å². The van der Waals surface area contributed by atoms with Gasteiger partial charge < -0.3 is 15.0 Å². The van der Waals surface area contributed by atoms with Crippen molar-refractivity contribution in [2.75, 3.05) is 36.5 Å². The third kappa shape index (κ3) is 3.13.